The predicted molar refractivity (Wildman–Crippen MR) is 110 cm³/mol. The second-order valence-corrected chi connectivity index (χ2v) is 7.44. The second-order valence-electron chi connectivity index (χ2n) is 7.44. The molecule has 128 valence electrons. The average Bonchev–Trinajstić information content (AvgIpc) is 2.97. The summed E-state index contributed by atoms with van der Waals surface area (Å²) in [7, 11) is 0. The van der Waals surface area contributed by atoms with Gasteiger partial charge in [0.15, 0.2) is 0 Å². The lowest BCUT2D eigenvalue weighted by Gasteiger charge is -2.30. The van der Waals surface area contributed by atoms with Crippen LogP contribution in [0.5, 0.6) is 0 Å². The summed E-state index contributed by atoms with van der Waals surface area (Å²) in [5.74, 6) is 0.584. The molecule has 0 radical (unpaired) electrons. The lowest BCUT2D eigenvalue weighted by molar-refractivity contribution is 0.737. The summed E-state index contributed by atoms with van der Waals surface area (Å²) in [4.78, 5) is 0. The number of benzene rings is 2. The number of hydrogen-bond acceptors (Lipinski definition) is 1. The van der Waals surface area contributed by atoms with Crippen molar-refractivity contribution in [1.82, 2.24) is 5.32 Å². The van der Waals surface area contributed by atoms with Crippen LogP contribution in [0.1, 0.15) is 41.5 Å². The number of rotatable bonds is 1. The normalized spacial score (nSPS) is 20.1. The molecular weight excluding hydrogens is 314 g/mol. The van der Waals surface area contributed by atoms with Gasteiger partial charge < -0.3 is 5.32 Å². The Morgan fingerprint density at radius 3 is 2.73 bits per heavy atom. The lowest BCUT2D eigenvalue weighted by atomic mass is 9.74. The van der Waals surface area contributed by atoms with E-state index < -0.39 is 0 Å². The number of nitrogens with one attached hydrogen (secondary N) is 1. The Labute approximate surface area is 155 Å². The fourth-order valence-electron chi connectivity index (χ4n) is 4.66. The van der Waals surface area contributed by atoms with Crippen LogP contribution in [0, 0.1) is 0 Å². The molecule has 2 aromatic carbocycles. The van der Waals surface area contributed by atoms with Crippen molar-refractivity contribution >= 4 is 5.57 Å². The van der Waals surface area contributed by atoms with Crippen LogP contribution in [-0.2, 0) is 12.8 Å². The summed E-state index contributed by atoms with van der Waals surface area (Å²) in [5, 5.41) is 3.45. The minimum atomic E-state index is 0.584. The molecule has 1 nitrogen and oxygen atoms in total. The van der Waals surface area contributed by atoms with Crippen LogP contribution in [0.25, 0.3) is 16.7 Å². The van der Waals surface area contributed by atoms with Gasteiger partial charge in [-0.25, -0.2) is 0 Å². The van der Waals surface area contributed by atoms with E-state index in [4.69, 9.17) is 0 Å². The molecule has 0 saturated carbocycles. The van der Waals surface area contributed by atoms with Gasteiger partial charge in [0.05, 0.1) is 0 Å². The lowest BCUT2D eigenvalue weighted by Crippen LogP contribution is -2.16. The zero-order valence-electron chi connectivity index (χ0n) is 15.1. The largest absolute Gasteiger partial charge is 0.361 e. The van der Waals surface area contributed by atoms with E-state index in [2.05, 4.69) is 72.9 Å². The number of fused-ring (bicyclic) bond motifs is 5. The molecule has 0 saturated heterocycles. The fraction of sp³-hybridized carbons (Fsp3) is 0.200. The van der Waals surface area contributed by atoms with Crippen LogP contribution >= 0.6 is 0 Å². The molecule has 3 aliphatic rings. The van der Waals surface area contributed by atoms with Crippen molar-refractivity contribution in [3.63, 3.8) is 0 Å². The van der Waals surface area contributed by atoms with Gasteiger partial charge in [-0.05, 0) is 70.7 Å². The minimum absolute atomic E-state index is 0.584. The molecule has 0 bridgehead atoms. The van der Waals surface area contributed by atoms with Gasteiger partial charge in [0, 0.05) is 17.5 Å². The van der Waals surface area contributed by atoms with E-state index >= 15 is 0 Å². The molecule has 1 aliphatic heterocycles. The SMILES string of the molecule is CC1Cc2c(ccc3c2CCC=C3C2=CC=CC=CN2)-c2ccccc21. The summed E-state index contributed by atoms with van der Waals surface area (Å²) < 4.78 is 0. The average molecular weight is 337 g/mol. The maximum atomic E-state index is 3.45. The van der Waals surface area contributed by atoms with Crippen LogP contribution in [-0.4, -0.2) is 0 Å². The zero-order valence-corrected chi connectivity index (χ0v) is 15.1. The molecule has 0 amide bonds. The molecule has 1 unspecified atom stereocenters. The smallest absolute Gasteiger partial charge is 0.0456 e. The van der Waals surface area contributed by atoms with Crippen LogP contribution < -0.4 is 5.32 Å². The Morgan fingerprint density at radius 1 is 0.885 bits per heavy atom. The maximum Gasteiger partial charge on any atom is 0.0456 e. The van der Waals surface area contributed by atoms with Gasteiger partial charge in [-0.1, -0.05) is 61.5 Å². The van der Waals surface area contributed by atoms with Gasteiger partial charge >= 0.3 is 0 Å². The van der Waals surface area contributed by atoms with Gasteiger partial charge in [0.1, 0.15) is 0 Å². The number of hydrogen-bond donors (Lipinski definition) is 1. The van der Waals surface area contributed by atoms with Crippen molar-refractivity contribution in [3.8, 4) is 11.1 Å². The second kappa shape index (κ2) is 6.17. The standard InChI is InChI=1S/C25H23N/c1-17-16-24-20-10-7-11-23(25-12-3-2-6-15-26-25)21(20)13-14-22(24)19-9-5-4-8-18(17)19/h2-6,8-9,11-15,17,26H,7,10,16H2,1H3. The highest BCUT2D eigenvalue weighted by Crippen LogP contribution is 2.44. The van der Waals surface area contributed by atoms with Gasteiger partial charge in [-0.2, -0.15) is 0 Å². The molecule has 1 heterocycles. The van der Waals surface area contributed by atoms with E-state index in [-0.39, 0.29) is 0 Å². The Kier molecular flexibility index (Phi) is 3.67. The van der Waals surface area contributed by atoms with Crippen LogP contribution in [0.2, 0.25) is 0 Å². The highest BCUT2D eigenvalue weighted by molar-refractivity contribution is 5.86. The monoisotopic (exact) mass is 337 g/mol. The molecule has 2 aromatic rings. The third kappa shape index (κ3) is 2.39. The summed E-state index contributed by atoms with van der Waals surface area (Å²) in [6.07, 6.45) is 16.2. The molecule has 1 heteroatoms. The van der Waals surface area contributed by atoms with Gasteiger partial charge in [0.2, 0.25) is 0 Å². The van der Waals surface area contributed by atoms with E-state index in [1.54, 1.807) is 11.1 Å². The Balaban J connectivity index is 1.66. The molecule has 1 N–H and O–H groups in total. The van der Waals surface area contributed by atoms with Crippen molar-refractivity contribution in [2.75, 3.05) is 0 Å². The molecule has 2 aliphatic carbocycles. The zero-order chi connectivity index (χ0) is 17.5. The number of allylic oxidation sites excluding steroid dienone is 6. The first kappa shape index (κ1) is 15.5. The van der Waals surface area contributed by atoms with Crippen LogP contribution in [0.4, 0.5) is 0 Å². The van der Waals surface area contributed by atoms with E-state index in [1.807, 2.05) is 12.3 Å². The topological polar surface area (TPSA) is 12.0 Å². The third-order valence-corrected chi connectivity index (χ3v) is 5.87. The van der Waals surface area contributed by atoms with Crippen molar-refractivity contribution in [1.29, 1.82) is 0 Å². The van der Waals surface area contributed by atoms with E-state index in [0.29, 0.717) is 5.92 Å². The molecule has 26 heavy (non-hydrogen) atoms. The van der Waals surface area contributed by atoms with Crippen molar-refractivity contribution in [2.24, 2.45) is 0 Å². The molecule has 0 aromatic heterocycles. The Morgan fingerprint density at radius 2 is 1.77 bits per heavy atom. The highest BCUT2D eigenvalue weighted by Gasteiger charge is 2.27. The van der Waals surface area contributed by atoms with Crippen LogP contribution in [0.15, 0.2) is 78.7 Å². The van der Waals surface area contributed by atoms with Crippen molar-refractivity contribution in [3.05, 3.63) is 101 Å². The highest BCUT2D eigenvalue weighted by atomic mass is 14.9. The van der Waals surface area contributed by atoms with Gasteiger partial charge in [-0.15, -0.1) is 0 Å². The van der Waals surface area contributed by atoms with Gasteiger partial charge in [0.25, 0.3) is 0 Å². The van der Waals surface area contributed by atoms with E-state index in [9.17, 15) is 0 Å². The quantitative estimate of drug-likeness (QED) is 0.683. The fourth-order valence-corrected chi connectivity index (χ4v) is 4.66. The minimum Gasteiger partial charge on any atom is -0.361 e. The Bertz CT molecular complexity index is 1000. The molecular formula is C25H23N. The first-order valence-electron chi connectivity index (χ1n) is 9.58. The molecule has 0 spiro atoms. The third-order valence-electron chi connectivity index (χ3n) is 5.87. The Hall–Kier alpha value is -2.80. The van der Waals surface area contributed by atoms with E-state index in [0.717, 1.165) is 19.3 Å². The van der Waals surface area contributed by atoms with Gasteiger partial charge in [-0.3, -0.25) is 0 Å². The van der Waals surface area contributed by atoms with Crippen molar-refractivity contribution in [2.45, 2.75) is 32.1 Å². The summed E-state index contributed by atoms with van der Waals surface area (Å²) in [6, 6.07) is 13.6. The maximum absolute atomic E-state index is 3.45. The molecule has 0 fully saturated rings. The first-order valence-corrected chi connectivity index (χ1v) is 9.58. The first-order chi connectivity index (χ1) is 12.8. The van der Waals surface area contributed by atoms with Crippen LogP contribution in [0.3, 0.4) is 0 Å². The molecule has 5 rings (SSSR count). The summed E-state index contributed by atoms with van der Waals surface area (Å²) in [6.45, 7) is 2.37. The predicted octanol–water partition coefficient (Wildman–Crippen LogP) is 5.90. The summed E-state index contributed by atoms with van der Waals surface area (Å²) in [5.41, 5.74) is 11.4. The van der Waals surface area contributed by atoms with Crippen molar-refractivity contribution < 1.29 is 0 Å². The van der Waals surface area contributed by atoms with E-state index in [1.165, 1.54) is 33.5 Å². The summed E-state index contributed by atoms with van der Waals surface area (Å²) >= 11 is 0. The molecule has 1 atom stereocenters.